The van der Waals surface area contributed by atoms with Crippen LogP contribution in [0.5, 0.6) is 0 Å². The lowest BCUT2D eigenvalue weighted by atomic mass is 10.5. The van der Waals surface area contributed by atoms with Gasteiger partial charge in [-0.3, -0.25) is 0 Å². The topological polar surface area (TPSA) is 17.3 Å². The Morgan fingerprint density at radius 2 is 2.33 bits per heavy atom. The van der Waals surface area contributed by atoms with Gasteiger partial charge in [0.25, 0.3) is 0 Å². The molecule has 0 bridgehead atoms. The van der Waals surface area contributed by atoms with Gasteiger partial charge in [0.2, 0.25) is 0 Å². The Morgan fingerprint density at radius 3 is 3.08 bits per heavy atom. The highest BCUT2D eigenvalue weighted by Crippen LogP contribution is 2.22. The van der Waals surface area contributed by atoms with Gasteiger partial charge in [-0.2, -0.15) is 0 Å². The largest absolute Gasteiger partial charge is 0.306 e. The van der Waals surface area contributed by atoms with E-state index < -0.39 is 0 Å². The summed E-state index contributed by atoms with van der Waals surface area (Å²) in [5.74, 6) is 0. The third-order valence-electron chi connectivity index (χ3n) is 1.64. The first-order chi connectivity index (χ1) is 5.68. The molecule has 0 saturated carbocycles. The van der Waals surface area contributed by atoms with E-state index in [9.17, 15) is 0 Å². The lowest BCUT2D eigenvalue weighted by Crippen LogP contribution is -1.85. The number of hydrogen-bond donors (Lipinski definition) is 0. The van der Waals surface area contributed by atoms with E-state index in [0.717, 1.165) is 19.9 Å². The van der Waals surface area contributed by atoms with E-state index in [1.165, 1.54) is 0 Å². The first kappa shape index (κ1) is 8.31. The second-order valence-corrected chi connectivity index (χ2v) is 4.13. The zero-order valence-electron chi connectivity index (χ0n) is 6.38. The molecule has 0 aliphatic rings. The molecule has 4 heteroatoms. The number of aryl methyl sites for hydroxylation is 1. The zero-order chi connectivity index (χ0) is 8.72. The molecular formula is C8H6ClIN2. The van der Waals surface area contributed by atoms with Gasteiger partial charge >= 0.3 is 0 Å². The predicted octanol–water partition coefficient (Wildman–Crippen LogP) is 2.90. The first-order valence-corrected chi connectivity index (χ1v) is 4.93. The van der Waals surface area contributed by atoms with Crippen LogP contribution in [0.3, 0.4) is 0 Å². The van der Waals surface area contributed by atoms with E-state index >= 15 is 0 Å². The Morgan fingerprint density at radius 1 is 1.58 bits per heavy atom. The van der Waals surface area contributed by atoms with Crippen LogP contribution < -0.4 is 0 Å². The summed E-state index contributed by atoms with van der Waals surface area (Å²) < 4.78 is 2.96. The van der Waals surface area contributed by atoms with Crippen LogP contribution in [0.2, 0.25) is 5.02 Å². The molecule has 0 N–H and O–H groups in total. The Kier molecular flexibility index (Phi) is 2.00. The van der Waals surface area contributed by atoms with Crippen molar-refractivity contribution in [2.75, 3.05) is 0 Å². The van der Waals surface area contributed by atoms with Gasteiger partial charge < -0.3 is 4.40 Å². The van der Waals surface area contributed by atoms with Crippen LogP contribution in [0.25, 0.3) is 5.65 Å². The third-order valence-corrected chi connectivity index (χ3v) is 3.23. The average molecular weight is 293 g/mol. The van der Waals surface area contributed by atoms with Gasteiger partial charge in [0, 0.05) is 16.0 Å². The van der Waals surface area contributed by atoms with E-state index in [1.807, 2.05) is 29.8 Å². The molecule has 0 aliphatic heterocycles. The maximum Gasteiger partial charge on any atom is 0.156 e. The second kappa shape index (κ2) is 2.88. The number of nitrogens with zero attached hydrogens (tertiary/aromatic N) is 2. The molecule has 0 radical (unpaired) electrons. The predicted molar refractivity (Wildman–Crippen MR) is 57.7 cm³/mol. The van der Waals surface area contributed by atoms with Crippen LogP contribution in [-0.4, -0.2) is 9.38 Å². The smallest absolute Gasteiger partial charge is 0.156 e. The van der Waals surface area contributed by atoms with Crippen molar-refractivity contribution in [3.05, 3.63) is 32.7 Å². The molecule has 62 valence electrons. The summed E-state index contributed by atoms with van der Waals surface area (Å²) >= 11 is 8.24. The molecule has 2 rings (SSSR count). The molecule has 0 unspecified atom stereocenters. The highest BCUT2D eigenvalue weighted by molar-refractivity contribution is 14.1. The van der Waals surface area contributed by atoms with Crippen LogP contribution in [0.1, 0.15) is 5.69 Å². The summed E-state index contributed by atoms with van der Waals surface area (Å²) in [6.45, 7) is 1.95. The fourth-order valence-electron chi connectivity index (χ4n) is 1.12. The molecule has 2 aromatic rings. The Hall–Kier alpha value is -0.290. The van der Waals surface area contributed by atoms with E-state index in [4.69, 9.17) is 11.6 Å². The molecule has 0 spiro atoms. The Balaban J connectivity index is 2.89. The van der Waals surface area contributed by atoms with E-state index in [-0.39, 0.29) is 0 Å². The molecule has 2 nitrogen and oxygen atoms in total. The zero-order valence-corrected chi connectivity index (χ0v) is 9.30. The Bertz CT molecular complexity index is 436. The number of fused-ring (bicyclic) bond motifs is 1. The fraction of sp³-hybridized carbons (Fsp3) is 0.125. The van der Waals surface area contributed by atoms with Crippen LogP contribution in [-0.2, 0) is 0 Å². The van der Waals surface area contributed by atoms with Crippen molar-refractivity contribution in [3.63, 3.8) is 0 Å². The third kappa shape index (κ3) is 1.21. The Labute approximate surface area is 88.7 Å². The number of rotatable bonds is 0. The average Bonchev–Trinajstić information content (AvgIpc) is 2.39. The van der Waals surface area contributed by atoms with Crippen molar-refractivity contribution >= 4 is 39.8 Å². The van der Waals surface area contributed by atoms with Crippen molar-refractivity contribution < 1.29 is 0 Å². The molecule has 0 fully saturated rings. The highest BCUT2D eigenvalue weighted by atomic mass is 127. The summed E-state index contributed by atoms with van der Waals surface area (Å²) in [5.41, 5.74) is 1.82. The van der Waals surface area contributed by atoms with Gasteiger partial charge in [-0.05, 0) is 35.6 Å². The number of aromatic nitrogens is 2. The van der Waals surface area contributed by atoms with Gasteiger partial charge in [0.1, 0.15) is 0 Å². The first-order valence-electron chi connectivity index (χ1n) is 3.48. The van der Waals surface area contributed by atoms with Crippen LogP contribution in [0.15, 0.2) is 18.5 Å². The van der Waals surface area contributed by atoms with Crippen LogP contribution in [0.4, 0.5) is 0 Å². The fourth-order valence-corrected chi connectivity index (χ4v) is 1.72. The minimum atomic E-state index is 0.728. The van der Waals surface area contributed by atoms with E-state index in [2.05, 4.69) is 27.6 Å². The van der Waals surface area contributed by atoms with Gasteiger partial charge in [-0.1, -0.05) is 11.6 Å². The van der Waals surface area contributed by atoms with Crippen molar-refractivity contribution in [2.45, 2.75) is 6.92 Å². The van der Waals surface area contributed by atoms with Crippen LogP contribution >= 0.6 is 34.2 Å². The number of halogens is 2. The lowest BCUT2D eigenvalue weighted by Gasteiger charge is -1.96. The second-order valence-electron chi connectivity index (χ2n) is 2.59. The number of hydrogen-bond acceptors (Lipinski definition) is 1. The highest BCUT2D eigenvalue weighted by Gasteiger charge is 2.04. The van der Waals surface area contributed by atoms with Crippen molar-refractivity contribution in [1.82, 2.24) is 9.38 Å². The molecular weight excluding hydrogens is 286 g/mol. The van der Waals surface area contributed by atoms with Crippen molar-refractivity contribution in [3.8, 4) is 0 Å². The molecule has 0 saturated heterocycles. The van der Waals surface area contributed by atoms with Gasteiger partial charge in [0.05, 0.1) is 10.7 Å². The normalized spacial score (nSPS) is 10.9. The summed E-state index contributed by atoms with van der Waals surface area (Å²) in [6.07, 6.45) is 3.92. The summed E-state index contributed by atoms with van der Waals surface area (Å²) in [7, 11) is 0. The van der Waals surface area contributed by atoms with Crippen molar-refractivity contribution in [1.29, 1.82) is 0 Å². The molecule has 12 heavy (non-hydrogen) atoms. The van der Waals surface area contributed by atoms with Gasteiger partial charge in [-0.25, -0.2) is 4.98 Å². The maximum atomic E-state index is 6.05. The maximum absolute atomic E-state index is 6.05. The molecule has 0 amide bonds. The van der Waals surface area contributed by atoms with E-state index in [1.54, 1.807) is 0 Å². The summed E-state index contributed by atoms with van der Waals surface area (Å²) in [4.78, 5) is 4.30. The molecule has 0 aliphatic carbocycles. The quantitative estimate of drug-likeness (QED) is 0.683. The molecule has 0 atom stereocenters. The monoisotopic (exact) mass is 292 g/mol. The lowest BCUT2D eigenvalue weighted by molar-refractivity contribution is 1.18. The number of pyridine rings is 1. The van der Waals surface area contributed by atoms with E-state index in [0.29, 0.717) is 0 Å². The molecule has 0 aromatic carbocycles. The number of imidazole rings is 1. The van der Waals surface area contributed by atoms with Gasteiger partial charge in [-0.15, -0.1) is 0 Å². The minimum absolute atomic E-state index is 0.728. The standard InChI is InChI=1S/C8H6ClIN2/c1-5-4-12-3-2-6(10)7(9)8(12)11-5/h2-4H,1H3. The minimum Gasteiger partial charge on any atom is -0.306 e. The summed E-state index contributed by atoms with van der Waals surface area (Å²) in [5, 5.41) is 0.728. The molecule has 2 heterocycles. The van der Waals surface area contributed by atoms with Gasteiger partial charge in [0.15, 0.2) is 5.65 Å². The molecule has 2 aromatic heterocycles. The SMILES string of the molecule is Cc1cn2ccc(I)c(Cl)c2n1. The summed E-state index contributed by atoms with van der Waals surface area (Å²) in [6, 6.07) is 1.97. The van der Waals surface area contributed by atoms with Crippen LogP contribution in [0, 0.1) is 10.5 Å². The van der Waals surface area contributed by atoms with Crippen molar-refractivity contribution in [2.24, 2.45) is 0 Å².